The summed E-state index contributed by atoms with van der Waals surface area (Å²) in [6, 6.07) is 12.5. The van der Waals surface area contributed by atoms with Gasteiger partial charge in [-0.3, -0.25) is 14.5 Å². The van der Waals surface area contributed by atoms with Crippen molar-refractivity contribution in [2.75, 3.05) is 4.90 Å². The fourth-order valence-electron chi connectivity index (χ4n) is 2.66. The normalized spacial score (nSPS) is 18.3. The number of carbonyl (C=O) groups excluding carboxylic acids is 2. The summed E-state index contributed by atoms with van der Waals surface area (Å²) in [4.78, 5) is 25.8. The fraction of sp³-hybridized carbons (Fsp3) is 0.105. The van der Waals surface area contributed by atoms with Gasteiger partial charge in [-0.1, -0.05) is 23.9 Å². The third-order valence-electron chi connectivity index (χ3n) is 3.94. The van der Waals surface area contributed by atoms with Crippen molar-refractivity contribution in [3.63, 3.8) is 0 Å². The Morgan fingerprint density at radius 3 is 2.19 bits per heavy atom. The van der Waals surface area contributed by atoms with Crippen molar-refractivity contribution in [3.8, 4) is 6.07 Å². The number of amides is 2. The van der Waals surface area contributed by atoms with E-state index >= 15 is 0 Å². The van der Waals surface area contributed by atoms with E-state index in [9.17, 15) is 23.6 Å². The molecular weight excluding hydrogens is 372 g/mol. The molecule has 0 aromatic heterocycles. The summed E-state index contributed by atoms with van der Waals surface area (Å²) < 4.78 is 26.3. The summed E-state index contributed by atoms with van der Waals surface area (Å²) in [6.07, 6.45) is 0.266. The molecule has 0 radical (unpaired) electrons. The van der Waals surface area contributed by atoms with Crippen LogP contribution in [-0.2, 0) is 16.0 Å². The minimum Gasteiger partial charge on any atom is -0.365 e. The van der Waals surface area contributed by atoms with Crippen LogP contribution >= 0.6 is 11.8 Å². The number of rotatable bonds is 4. The average Bonchev–Trinajstić information content (AvgIpc) is 2.94. The van der Waals surface area contributed by atoms with Gasteiger partial charge in [0, 0.05) is 5.69 Å². The third-order valence-corrected chi connectivity index (χ3v) is 5.21. The van der Waals surface area contributed by atoms with Gasteiger partial charge in [-0.2, -0.15) is 5.26 Å². The molecule has 0 spiro atoms. The van der Waals surface area contributed by atoms with Crippen LogP contribution in [0.4, 0.5) is 14.5 Å². The first kappa shape index (κ1) is 18.6. The summed E-state index contributed by atoms with van der Waals surface area (Å²) in [6.45, 7) is 0. The molecule has 5 nitrogen and oxygen atoms in total. The number of benzene rings is 2. The molecule has 0 saturated carbocycles. The number of carbonyl (C=O) groups is 2. The van der Waals surface area contributed by atoms with E-state index in [1.54, 1.807) is 18.2 Å². The predicted octanol–water partition coefficient (Wildman–Crippen LogP) is 2.88. The summed E-state index contributed by atoms with van der Waals surface area (Å²) >= 11 is 1.03. The smallest absolute Gasteiger partial charge is 0.262 e. The SMILES string of the molecule is N#C/C(C(N)=O)=C1\S[C@@H](Cc2ccc(F)cc2)C(=O)N1c1ccc(F)cc1. The fourth-order valence-corrected chi connectivity index (χ4v) is 3.98. The molecule has 2 N–H and O–H groups in total. The molecule has 8 heteroatoms. The number of thioether (sulfide) groups is 1. The highest BCUT2D eigenvalue weighted by Crippen LogP contribution is 2.41. The van der Waals surface area contributed by atoms with E-state index in [-0.39, 0.29) is 22.9 Å². The van der Waals surface area contributed by atoms with E-state index in [1.807, 2.05) is 0 Å². The lowest BCUT2D eigenvalue weighted by Gasteiger charge is -2.18. The maximum atomic E-state index is 13.2. The molecule has 1 aliphatic rings. The van der Waals surface area contributed by atoms with E-state index in [4.69, 9.17) is 5.73 Å². The second-order valence-corrected chi connectivity index (χ2v) is 6.93. The Labute approximate surface area is 158 Å². The first-order valence-electron chi connectivity index (χ1n) is 7.85. The van der Waals surface area contributed by atoms with Crippen molar-refractivity contribution < 1.29 is 18.4 Å². The van der Waals surface area contributed by atoms with Gasteiger partial charge in [0.15, 0.2) is 0 Å². The Morgan fingerprint density at radius 2 is 1.67 bits per heavy atom. The van der Waals surface area contributed by atoms with Gasteiger partial charge in [0.25, 0.3) is 5.91 Å². The standard InChI is InChI=1S/C19H13F2N3O2S/c20-12-3-1-11(2-4-12)9-16-18(26)24(14-7-5-13(21)6-8-14)19(27-16)15(10-22)17(23)25/h1-8,16H,9H2,(H2,23,25)/b19-15+/t16-/m0/s1. The first-order chi connectivity index (χ1) is 12.9. The number of nitrogens with two attached hydrogens (primary N) is 1. The largest absolute Gasteiger partial charge is 0.365 e. The molecule has 1 heterocycles. The summed E-state index contributed by atoms with van der Waals surface area (Å²) in [5, 5.41) is 8.76. The maximum Gasteiger partial charge on any atom is 0.262 e. The molecule has 0 bridgehead atoms. The number of nitrogens with zero attached hydrogens (tertiary/aromatic N) is 2. The lowest BCUT2D eigenvalue weighted by molar-refractivity contribution is -0.117. The highest BCUT2D eigenvalue weighted by molar-refractivity contribution is 8.05. The van der Waals surface area contributed by atoms with Gasteiger partial charge < -0.3 is 5.73 Å². The van der Waals surface area contributed by atoms with Crippen LogP contribution in [-0.4, -0.2) is 17.1 Å². The van der Waals surface area contributed by atoms with Gasteiger partial charge in [-0.15, -0.1) is 0 Å². The van der Waals surface area contributed by atoms with Gasteiger partial charge >= 0.3 is 0 Å². The van der Waals surface area contributed by atoms with E-state index in [1.165, 1.54) is 41.3 Å². The van der Waals surface area contributed by atoms with Crippen LogP contribution in [0.2, 0.25) is 0 Å². The third kappa shape index (κ3) is 3.83. The topological polar surface area (TPSA) is 87.2 Å². The van der Waals surface area contributed by atoms with Gasteiger partial charge in [0.2, 0.25) is 5.91 Å². The maximum absolute atomic E-state index is 13.2. The number of hydrogen-bond donors (Lipinski definition) is 1. The lowest BCUT2D eigenvalue weighted by atomic mass is 10.1. The number of halogens is 2. The predicted molar refractivity (Wildman–Crippen MR) is 97.2 cm³/mol. The second-order valence-electron chi connectivity index (χ2n) is 5.74. The Balaban J connectivity index is 2.01. The zero-order chi connectivity index (χ0) is 19.6. The molecule has 1 saturated heterocycles. The number of nitriles is 1. The van der Waals surface area contributed by atoms with E-state index < -0.39 is 22.8 Å². The minimum atomic E-state index is -0.956. The molecular formula is C19H13F2N3O2S. The quantitative estimate of drug-likeness (QED) is 0.648. The Kier molecular flexibility index (Phi) is 5.23. The van der Waals surface area contributed by atoms with Crippen molar-refractivity contribution in [1.29, 1.82) is 5.26 Å². The Hall–Kier alpha value is -3.18. The van der Waals surface area contributed by atoms with Gasteiger partial charge in [0.1, 0.15) is 28.3 Å². The van der Waals surface area contributed by atoms with Crippen LogP contribution in [0.3, 0.4) is 0 Å². The van der Waals surface area contributed by atoms with Crippen molar-refractivity contribution in [2.24, 2.45) is 5.73 Å². The Morgan fingerprint density at radius 1 is 1.11 bits per heavy atom. The first-order valence-corrected chi connectivity index (χ1v) is 8.73. The molecule has 2 amide bonds. The molecule has 1 atom stereocenters. The second kappa shape index (κ2) is 7.60. The van der Waals surface area contributed by atoms with Crippen molar-refractivity contribution >= 4 is 29.3 Å². The average molecular weight is 385 g/mol. The molecule has 0 unspecified atom stereocenters. The zero-order valence-corrected chi connectivity index (χ0v) is 14.7. The van der Waals surface area contributed by atoms with E-state index in [0.717, 1.165) is 17.3 Å². The van der Waals surface area contributed by atoms with Crippen molar-refractivity contribution in [3.05, 3.63) is 76.3 Å². The van der Waals surface area contributed by atoms with Crippen LogP contribution in [0.25, 0.3) is 0 Å². The van der Waals surface area contributed by atoms with Crippen LogP contribution in [0, 0.1) is 23.0 Å². The summed E-state index contributed by atoms with van der Waals surface area (Å²) in [7, 11) is 0. The molecule has 2 aromatic carbocycles. The highest BCUT2D eigenvalue weighted by Gasteiger charge is 2.40. The van der Waals surface area contributed by atoms with Crippen LogP contribution in [0.1, 0.15) is 5.56 Å². The minimum absolute atomic E-state index is 0.105. The molecule has 136 valence electrons. The molecule has 0 aliphatic carbocycles. The summed E-state index contributed by atoms with van der Waals surface area (Å²) in [5.41, 5.74) is 5.97. The lowest BCUT2D eigenvalue weighted by Crippen LogP contribution is -2.31. The van der Waals surface area contributed by atoms with Gasteiger partial charge in [-0.05, 0) is 48.4 Å². The Bertz CT molecular complexity index is 966. The molecule has 2 aromatic rings. The summed E-state index contributed by atoms with van der Waals surface area (Å²) in [5.74, 6) is -2.21. The number of anilines is 1. The monoisotopic (exact) mass is 385 g/mol. The van der Waals surface area contributed by atoms with Crippen LogP contribution < -0.4 is 10.6 Å². The molecule has 27 heavy (non-hydrogen) atoms. The molecule has 3 rings (SSSR count). The van der Waals surface area contributed by atoms with Gasteiger partial charge in [0.05, 0.1) is 5.25 Å². The zero-order valence-electron chi connectivity index (χ0n) is 13.9. The number of primary amides is 1. The van der Waals surface area contributed by atoms with Crippen molar-refractivity contribution in [1.82, 2.24) is 0 Å². The highest BCUT2D eigenvalue weighted by atomic mass is 32.2. The van der Waals surface area contributed by atoms with E-state index in [2.05, 4.69) is 0 Å². The van der Waals surface area contributed by atoms with Gasteiger partial charge in [-0.25, -0.2) is 8.78 Å². The van der Waals surface area contributed by atoms with Crippen LogP contribution in [0.5, 0.6) is 0 Å². The number of hydrogen-bond acceptors (Lipinski definition) is 4. The van der Waals surface area contributed by atoms with E-state index in [0.29, 0.717) is 5.69 Å². The van der Waals surface area contributed by atoms with Crippen molar-refractivity contribution in [2.45, 2.75) is 11.7 Å². The van der Waals surface area contributed by atoms with Crippen LogP contribution in [0.15, 0.2) is 59.1 Å². The molecule has 1 aliphatic heterocycles. The molecule has 1 fully saturated rings.